The second-order valence-electron chi connectivity index (χ2n) is 7.38. The molecule has 0 atom stereocenters. The lowest BCUT2D eigenvalue weighted by Crippen LogP contribution is -2.29. The molecule has 0 radical (unpaired) electrons. The maximum atomic E-state index is 13.1. The van der Waals surface area contributed by atoms with Crippen molar-refractivity contribution in [2.45, 2.75) is 26.2 Å². The van der Waals surface area contributed by atoms with Gasteiger partial charge in [0.15, 0.2) is 0 Å². The van der Waals surface area contributed by atoms with Crippen LogP contribution in [-0.4, -0.2) is 22.5 Å². The predicted molar refractivity (Wildman–Crippen MR) is 118 cm³/mol. The van der Waals surface area contributed by atoms with E-state index in [9.17, 15) is 4.79 Å². The van der Waals surface area contributed by atoms with Gasteiger partial charge in [-0.05, 0) is 35.9 Å². The third-order valence-corrected chi connectivity index (χ3v) is 4.52. The van der Waals surface area contributed by atoms with Crippen molar-refractivity contribution in [1.82, 2.24) is 9.66 Å². The Morgan fingerprint density at radius 1 is 1.25 bits per heavy atom. The van der Waals surface area contributed by atoms with Crippen LogP contribution in [0, 0.1) is 0 Å². The summed E-state index contributed by atoms with van der Waals surface area (Å²) >= 11 is 3.42. The standard InChI is InChI=1S/C22H22BrN3O2/c1-5-11-28-17-8-6-7-15(12-17)14-24-26-20(27)18-13-16(23)9-10-19(18)25-21(26)22(2,3)4/h5-10,12-14H,1,11H2,2-4H3. The van der Waals surface area contributed by atoms with Crippen LogP contribution in [0.25, 0.3) is 10.9 Å². The van der Waals surface area contributed by atoms with Gasteiger partial charge in [0.25, 0.3) is 5.56 Å². The van der Waals surface area contributed by atoms with Crippen molar-refractivity contribution in [1.29, 1.82) is 0 Å². The number of aromatic nitrogens is 2. The summed E-state index contributed by atoms with van der Waals surface area (Å²) < 4.78 is 7.76. The number of hydrogen-bond donors (Lipinski definition) is 0. The molecule has 144 valence electrons. The monoisotopic (exact) mass is 439 g/mol. The predicted octanol–water partition coefficient (Wildman–Crippen LogP) is 4.90. The summed E-state index contributed by atoms with van der Waals surface area (Å²) in [5.41, 5.74) is 0.922. The third kappa shape index (κ3) is 4.39. The molecule has 0 spiro atoms. The van der Waals surface area contributed by atoms with Gasteiger partial charge in [-0.2, -0.15) is 9.78 Å². The molecule has 1 heterocycles. The molecule has 0 saturated carbocycles. The van der Waals surface area contributed by atoms with Crippen LogP contribution in [0.2, 0.25) is 0 Å². The highest BCUT2D eigenvalue weighted by molar-refractivity contribution is 9.10. The van der Waals surface area contributed by atoms with Gasteiger partial charge in [0.2, 0.25) is 0 Å². The van der Waals surface area contributed by atoms with Gasteiger partial charge < -0.3 is 4.74 Å². The van der Waals surface area contributed by atoms with Crippen LogP contribution in [0.5, 0.6) is 5.75 Å². The molecule has 0 aliphatic carbocycles. The summed E-state index contributed by atoms with van der Waals surface area (Å²) in [5, 5.41) is 4.99. The van der Waals surface area contributed by atoms with Crippen LogP contribution in [0.1, 0.15) is 32.2 Å². The number of benzene rings is 2. The lowest BCUT2D eigenvalue weighted by molar-refractivity contribution is 0.363. The number of nitrogens with zero attached hydrogens (tertiary/aromatic N) is 3. The van der Waals surface area contributed by atoms with Gasteiger partial charge in [-0.25, -0.2) is 4.98 Å². The van der Waals surface area contributed by atoms with Crippen LogP contribution >= 0.6 is 15.9 Å². The quantitative estimate of drug-likeness (QED) is 0.419. The second-order valence-corrected chi connectivity index (χ2v) is 8.30. The van der Waals surface area contributed by atoms with Crippen molar-refractivity contribution in [2.24, 2.45) is 5.10 Å². The largest absolute Gasteiger partial charge is 0.490 e. The van der Waals surface area contributed by atoms with Gasteiger partial charge in [-0.3, -0.25) is 4.79 Å². The fourth-order valence-corrected chi connectivity index (χ4v) is 3.07. The minimum Gasteiger partial charge on any atom is -0.490 e. The smallest absolute Gasteiger partial charge is 0.282 e. The molecule has 1 aromatic heterocycles. The molecule has 0 amide bonds. The van der Waals surface area contributed by atoms with E-state index in [1.165, 1.54) is 4.68 Å². The van der Waals surface area contributed by atoms with Gasteiger partial charge in [0.05, 0.1) is 17.1 Å². The Hall–Kier alpha value is -2.73. The van der Waals surface area contributed by atoms with Crippen molar-refractivity contribution in [3.05, 3.63) is 81.3 Å². The molecular formula is C22H22BrN3O2. The van der Waals surface area contributed by atoms with E-state index in [1.54, 1.807) is 18.4 Å². The number of halogens is 1. The number of rotatable bonds is 5. The molecule has 5 nitrogen and oxygen atoms in total. The minimum absolute atomic E-state index is 0.202. The molecule has 0 N–H and O–H groups in total. The molecule has 0 unspecified atom stereocenters. The summed E-state index contributed by atoms with van der Waals surface area (Å²) in [6.07, 6.45) is 3.33. The van der Waals surface area contributed by atoms with E-state index in [1.807, 2.05) is 57.2 Å². The van der Waals surface area contributed by atoms with Gasteiger partial charge in [0.1, 0.15) is 18.2 Å². The highest BCUT2D eigenvalue weighted by atomic mass is 79.9. The fraction of sp³-hybridized carbons (Fsp3) is 0.227. The molecule has 0 bridgehead atoms. The normalized spacial score (nSPS) is 11.9. The van der Waals surface area contributed by atoms with Crippen molar-refractivity contribution in [3.63, 3.8) is 0 Å². The molecule has 6 heteroatoms. The Balaban J connectivity index is 2.11. The SMILES string of the molecule is C=CCOc1cccc(C=Nn2c(C(C)(C)C)nc3ccc(Br)cc3c2=O)c1. The van der Waals surface area contributed by atoms with Crippen LogP contribution in [0.3, 0.4) is 0 Å². The minimum atomic E-state index is -0.354. The van der Waals surface area contributed by atoms with E-state index < -0.39 is 0 Å². The Bertz CT molecular complexity index is 1110. The fourth-order valence-electron chi connectivity index (χ4n) is 2.71. The number of fused-ring (bicyclic) bond motifs is 1. The third-order valence-electron chi connectivity index (χ3n) is 4.03. The Morgan fingerprint density at radius 2 is 2.04 bits per heavy atom. The Kier molecular flexibility index (Phi) is 5.79. The first-order chi connectivity index (χ1) is 13.3. The molecule has 2 aromatic carbocycles. The lowest BCUT2D eigenvalue weighted by atomic mass is 9.95. The van der Waals surface area contributed by atoms with Gasteiger partial charge in [0, 0.05) is 9.89 Å². The van der Waals surface area contributed by atoms with Crippen molar-refractivity contribution >= 4 is 33.0 Å². The van der Waals surface area contributed by atoms with Crippen LogP contribution < -0.4 is 10.3 Å². The molecule has 0 fully saturated rings. The molecule has 0 aliphatic rings. The summed E-state index contributed by atoms with van der Waals surface area (Å²) in [6.45, 7) is 10.1. The Morgan fingerprint density at radius 3 is 2.75 bits per heavy atom. The molecule has 0 saturated heterocycles. The average molecular weight is 440 g/mol. The topological polar surface area (TPSA) is 56.5 Å². The van der Waals surface area contributed by atoms with E-state index in [2.05, 4.69) is 27.6 Å². The van der Waals surface area contributed by atoms with Crippen LogP contribution in [0.4, 0.5) is 0 Å². The first-order valence-corrected chi connectivity index (χ1v) is 9.70. The molecule has 0 aliphatic heterocycles. The second kappa shape index (κ2) is 8.10. The summed E-state index contributed by atoms with van der Waals surface area (Å²) in [7, 11) is 0. The average Bonchev–Trinajstić information content (AvgIpc) is 2.65. The van der Waals surface area contributed by atoms with Gasteiger partial charge >= 0.3 is 0 Å². The first-order valence-electron chi connectivity index (χ1n) is 8.90. The van der Waals surface area contributed by atoms with E-state index in [0.29, 0.717) is 29.1 Å². The van der Waals surface area contributed by atoms with Crippen LogP contribution in [0.15, 0.2) is 69.5 Å². The maximum Gasteiger partial charge on any atom is 0.282 e. The zero-order chi connectivity index (χ0) is 20.3. The number of ether oxygens (including phenoxy) is 1. The van der Waals surface area contributed by atoms with Crippen molar-refractivity contribution < 1.29 is 4.74 Å². The molecule has 28 heavy (non-hydrogen) atoms. The maximum absolute atomic E-state index is 13.1. The van der Waals surface area contributed by atoms with E-state index >= 15 is 0 Å². The van der Waals surface area contributed by atoms with Crippen LogP contribution in [-0.2, 0) is 5.41 Å². The Labute approximate surface area is 172 Å². The zero-order valence-corrected chi connectivity index (χ0v) is 17.7. The summed E-state index contributed by atoms with van der Waals surface area (Å²) in [4.78, 5) is 17.8. The van der Waals surface area contributed by atoms with Crippen molar-refractivity contribution in [3.8, 4) is 5.75 Å². The summed E-state index contributed by atoms with van der Waals surface area (Å²) in [6, 6.07) is 13.0. The first kappa shape index (κ1) is 20.0. The van der Waals surface area contributed by atoms with Gasteiger partial charge in [-0.1, -0.05) is 61.5 Å². The summed E-state index contributed by atoms with van der Waals surface area (Å²) in [5.74, 6) is 1.32. The number of hydrogen-bond acceptors (Lipinski definition) is 4. The molecule has 3 rings (SSSR count). The zero-order valence-electron chi connectivity index (χ0n) is 16.1. The highest BCUT2D eigenvalue weighted by Crippen LogP contribution is 2.23. The van der Waals surface area contributed by atoms with Crippen molar-refractivity contribution in [2.75, 3.05) is 6.61 Å². The van der Waals surface area contributed by atoms with E-state index in [-0.39, 0.29) is 11.0 Å². The van der Waals surface area contributed by atoms with E-state index in [0.717, 1.165) is 10.0 Å². The molecular weight excluding hydrogens is 418 g/mol. The lowest BCUT2D eigenvalue weighted by Gasteiger charge is -2.20. The highest BCUT2D eigenvalue weighted by Gasteiger charge is 2.22. The van der Waals surface area contributed by atoms with E-state index in [4.69, 9.17) is 9.72 Å². The van der Waals surface area contributed by atoms with Gasteiger partial charge in [-0.15, -0.1) is 0 Å². The molecule has 3 aromatic rings.